The number of carbonyl (C=O) groups excluding carboxylic acids is 12. The van der Waals surface area contributed by atoms with Crippen LogP contribution in [0, 0.1) is 17.8 Å². The predicted molar refractivity (Wildman–Crippen MR) is 382 cm³/mol. The fraction of sp³-hybridized carbons (Fsp3) is 0.493. The zero-order valence-corrected chi connectivity index (χ0v) is 59.6. The number of carboxylic acid groups (broad SMARTS) is 1. The maximum atomic E-state index is 14.8. The molecule has 1 aliphatic heterocycles. The lowest BCUT2D eigenvalue weighted by molar-refractivity contribution is -0.146. The van der Waals surface area contributed by atoms with Gasteiger partial charge in [-0.1, -0.05) is 115 Å². The summed E-state index contributed by atoms with van der Waals surface area (Å²) in [4.78, 5) is 182. The second kappa shape index (κ2) is 42.0. The van der Waals surface area contributed by atoms with Gasteiger partial charge in [0.15, 0.2) is 0 Å². The summed E-state index contributed by atoms with van der Waals surface area (Å²) in [7, 11) is 0. The molecular weight excluding hydrogens is 1340 g/mol. The van der Waals surface area contributed by atoms with Crippen molar-refractivity contribution in [2.24, 2.45) is 35.0 Å². The van der Waals surface area contributed by atoms with Crippen molar-refractivity contribution in [1.29, 1.82) is 0 Å². The number of nitrogens with two attached hydrogens (primary N) is 3. The molecular formula is C73H102N14O17. The van der Waals surface area contributed by atoms with Gasteiger partial charge >= 0.3 is 5.97 Å². The largest absolute Gasteiger partial charge is 0.508 e. The van der Waals surface area contributed by atoms with E-state index in [1.165, 1.54) is 77.7 Å². The fourth-order valence-electron chi connectivity index (χ4n) is 11.7. The monoisotopic (exact) mass is 1450 g/mol. The number of aromatic hydroxyl groups is 3. The first-order chi connectivity index (χ1) is 49.4. The Morgan fingerprint density at radius 1 is 0.490 bits per heavy atom. The van der Waals surface area contributed by atoms with Crippen molar-refractivity contribution in [3.63, 3.8) is 0 Å². The molecule has 104 heavy (non-hydrogen) atoms. The molecule has 0 bridgehead atoms. The zero-order valence-electron chi connectivity index (χ0n) is 59.6. The Bertz CT molecular complexity index is 3560. The first-order valence-corrected chi connectivity index (χ1v) is 35.0. The van der Waals surface area contributed by atoms with Crippen LogP contribution in [-0.2, 0) is 88.0 Å². The van der Waals surface area contributed by atoms with E-state index >= 15 is 0 Å². The summed E-state index contributed by atoms with van der Waals surface area (Å²) in [6.45, 7) is 9.25. The van der Waals surface area contributed by atoms with Crippen LogP contribution in [0.5, 0.6) is 17.2 Å². The molecule has 1 saturated heterocycles. The number of nitrogens with one attached hydrogen (secondary N) is 10. The molecule has 0 spiro atoms. The minimum atomic E-state index is -1.52. The van der Waals surface area contributed by atoms with E-state index in [1.54, 1.807) is 58.0 Å². The average molecular weight is 1450 g/mol. The van der Waals surface area contributed by atoms with Crippen LogP contribution in [0.15, 0.2) is 103 Å². The van der Waals surface area contributed by atoms with Gasteiger partial charge in [-0.05, 0) is 128 Å². The third-order valence-corrected chi connectivity index (χ3v) is 17.7. The van der Waals surface area contributed by atoms with Crippen LogP contribution in [0.25, 0.3) is 0 Å². The van der Waals surface area contributed by atoms with E-state index in [2.05, 4.69) is 53.2 Å². The molecule has 12 amide bonds. The number of hydrogen-bond acceptors (Lipinski definition) is 18. The number of unbranched alkanes of at least 4 members (excludes halogenated alkanes) is 1. The van der Waals surface area contributed by atoms with Crippen molar-refractivity contribution in [1.82, 2.24) is 58.1 Å². The normalized spacial score (nSPS) is 15.5. The molecule has 566 valence electrons. The molecule has 4 aromatic rings. The van der Waals surface area contributed by atoms with Crippen LogP contribution in [-0.4, -0.2) is 189 Å². The highest BCUT2D eigenvalue weighted by Crippen LogP contribution is 2.23. The van der Waals surface area contributed by atoms with Crippen LogP contribution in [0.4, 0.5) is 0 Å². The Morgan fingerprint density at radius 2 is 0.933 bits per heavy atom. The van der Waals surface area contributed by atoms with Gasteiger partial charge in [-0.15, -0.1) is 0 Å². The average Bonchev–Trinajstić information content (AvgIpc) is 1.56. The number of aliphatic carboxylic acids is 1. The third-order valence-electron chi connectivity index (χ3n) is 17.7. The molecule has 0 unspecified atom stereocenters. The molecule has 1 fully saturated rings. The number of phenols is 3. The number of primary amides is 1. The number of nitrogens with zero attached hydrogens (tertiary/aromatic N) is 1. The van der Waals surface area contributed by atoms with Gasteiger partial charge in [0.2, 0.25) is 70.9 Å². The van der Waals surface area contributed by atoms with Crippen molar-refractivity contribution < 1.29 is 82.8 Å². The summed E-state index contributed by atoms with van der Waals surface area (Å²) < 4.78 is 0. The van der Waals surface area contributed by atoms with E-state index < -0.39 is 169 Å². The first-order valence-electron chi connectivity index (χ1n) is 35.0. The molecule has 11 atom stereocenters. The standard InChI is InChI=1S/C73H102N14O17/c1-7-43(6)63(73(103)104)86-70(100)58-17-13-33-87(58)72(102)52(30-31-59(76)91)81-66(96)55(36-45-18-24-48(88)25-19-45)79-61(93)40-77-64(94)51(16-11-12-32-74)80-68(98)56(37-46-20-26-49(89)27-21-46)84-71(101)62(42(4)5)85-69(99)57(38-47-22-28-50(90)29-23-47)83-65(95)53(34-41(2)3)82-67(97)54(78-60(92)39-75)35-44-14-9-8-10-15-44/h8-10,14-15,18-29,41-43,51-58,62-63,88-90H,7,11-13,16-17,30-40,74-75H2,1-6H3,(H2,76,91)(H,77,94)(H,78,92)(H,79,93)(H,80,98)(H,81,96)(H,82,97)(H,83,95)(H,84,101)(H,85,99)(H,86,100)(H,103,104)/t43-,51-,52-,53-,54-,55-,56-,57-,58+,62-,63+/m0/s1. The molecule has 0 radical (unpaired) electrons. The number of benzene rings is 4. The Labute approximate surface area is 604 Å². The molecule has 0 aliphatic carbocycles. The second-order valence-corrected chi connectivity index (χ2v) is 26.8. The lowest BCUT2D eigenvalue weighted by Crippen LogP contribution is -2.61. The van der Waals surface area contributed by atoms with Gasteiger partial charge in [0.05, 0.1) is 13.1 Å². The Hall–Kier alpha value is -10.7. The Morgan fingerprint density at radius 3 is 1.39 bits per heavy atom. The lowest BCUT2D eigenvalue weighted by atomic mass is 9.98. The molecule has 5 rings (SSSR count). The SMILES string of the molecule is CC[C@H](C)[C@@H](NC(=O)[C@H]1CCCN1C(=O)[C@H](CCC(N)=O)NC(=O)[C@H](Cc1ccc(O)cc1)NC(=O)CNC(=O)[C@H](CCCCN)NC(=O)[C@H](Cc1ccc(O)cc1)NC(=O)[C@@H](NC(=O)[C@H](Cc1ccc(O)cc1)NC(=O)[C@H](CC(C)C)NC(=O)[C@H](Cc1ccccc1)NC(=O)CN)C(C)C)C(=O)O. The van der Waals surface area contributed by atoms with Crippen molar-refractivity contribution in [2.45, 2.75) is 185 Å². The van der Waals surface area contributed by atoms with E-state index in [0.29, 0.717) is 41.5 Å². The van der Waals surface area contributed by atoms with Gasteiger partial charge in [-0.25, -0.2) is 4.79 Å². The molecule has 0 saturated carbocycles. The summed E-state index contributed by atoms with van der Waals surface area (Å²) >= 11 is 0. The summed E-state index contributed by atoms with van der Waals surface area (Å²) in [5.74, 6) is -12.9. The summed E-state index contributed by atoms with van der Waals surface area (Å²) in [6.07, 6.45) is 0.163. The Balaban J connectivity index is 1.38. The lowest BCUT2D eigenvalue weighted by Gasteiger charge is -2.31. The van der Waals surface area contributed by atoms with Crippen molar-refractivity contribution >= 4 is 76.9 Å². The van der Waals surface area contributed by atoms with Crippen molar-refractivity contribution in [3.8, 4) is 17.2 Å². The van der Waals surface area contributed by atoms with Gasteiger partial charge in [-0.2, -0.15) is 0 Å². The van der Waals surface area contributed by atoms with Gasteiger partial charge in [0.1, 0.15) is 77.7 Å². The van der Waals surface area contributed by atoms with E-state index in [9.17, 15) is 82.8 Å². The maximum absolute atomic E-state index is 14.8. The molecule has 31 nitrogen and oxygen atoms in total. The quantitative estimate of drug-likeness (QED) is 0.0254. The van der Waals surface area contributed by atoms with E-state index in [1.807, 2.05) is 13.8 Å². The van der Waals surface area contributed by atoms with Crippen LogP contribution in [0.3, 0.4) is 0 Å². The van der Waals surface area contributed by atoms with Crippen LogP contribution >= 0.6 is 0 Å². The summed E-state index contributed by atoms with van der Waals surface area (Å²) in [5, 5.41) is 66.7. The molecule has 20 N–H and O–H groups in total. The van der Waals surface area contributed by atoms with E-state index in [-0.39, 0.29) is 94.0 Å². The van der Waals surface area contributed by atoms with E-state index in [4.69, 9.17) is 17.2 Å². The van der Waals surface area contributed by atoms with Gasteiger partial charge in [0, 0.05) is 38.6 Å². The topological polar surface area (TPSA) is 504 Å². The minimum absolute atomic E-state index is 0.0358. The number of likely N-dealkylation sites (tertiary alicyclic amines) is 1. The number of carboxylic acids is 1. The van der Waals surface area contributed by atoms with Gasteiger partial charge in [-0.3, -0.25) is 57.5 Å². The Kier molecular flexibility index (Phi) is 33.9. The molecule has 0 aromatic heterocycles. The zero-order chi connectivity index (χ0) is 76.7. The summed E-state index contributed by atoms with van der Waals surface area (Å²) in [5.41, 5.74) is 18.9. The van der Waals surface area contributed by atoms with Crippen molar-refractivity contribution in [3.05, 3.63) is 125 Å². The number of hydrogen-bond donors (Lipinski definition) is 17. The summed E-state index contributed by atoms with van der Waals surface area (Å²) in [6, 6.07) is 12.2. The smallest absolute Gasteiger partial charge is 0.326 e. The first kappa shape index (κ1) is 84.0. The highest BCUT2D eigenvalue weighted by molar-refractivity contribution is 5.99. The minimum Gasteiger partial charge on any atom is -0.508 e. The highest BCUT2D eigenvalue weighted by Gasteiger charge is 2.41. The predicted octanol–water partition coefficient (Wildman–Crippen LogP) is -0.270. The number of rotatable bonds is 42. The molecule has 31 heteroatoms. The van der Waals surface area contributed by atoms with Crippen LogP contribution < -0.4 is 70.4 Å². The molecule has 1 aliphatic rings. The number of carbonyl (C=O) groups is 13. The number of phenolic OH excluding ortho intramolecular Hbond substituents is 3. The highest BCUT2D eigenvalue weighted by atomic mass is 16.4. The third kappa shape index (κ3) is 27.6. The van der Waals surface area contributed by atoms with Gasteiger partial charge < -0.3 is 95.7 Å². The van der Waals surface area contributed by atoms with Crippen molar-refractivity contribution in [2.75, 3.05) is 26.2 Å². The second-order valence-electron chi connectivity index (χ2n) is 26.8. The van der Waals surface area contributed by atoms with Crippen LogP contribution in [0.1, 0.15) is 122 Å². The molecule has 4 aromatic carbocycles. The maximum Gasteiger partial charge on any atom is 0.326 e. The van der Waals surface area contributed by atoms with Gasteiger partial charge in [0.25, 0.3) is 0 Å². The fourth-order valence-corrected chi connectivity index (χ4v) is 11.7. The number of amides is 12. The molecule has 1 heterocycles. The van der Waals surface area contributed by atoms with Crippen LogP contribution in [0.2, 0.25) is 0 Å². The van der Waals surface area contributed by atoms with E-state index in [0.717, 1.165) is 0 Å².